The number of rotatable bonds is 4. The fraction of sp³-hybridized carbons (Fsp3) is 0.286. The summed E-state index contributed by atoms with van der Waals surface area (Å²) >= 11 is 3.20. The van der Waals surface area contributed by atoms with Gasteiger partial charge in [0.05, 0.1) is 22.2 Å². The lowest BCUT2D eigenvalue weighted by Crippen LogP contribution is -2.41. The number of carbonyl (C=O) groups is 1. The standard InChI is InChI=1S/C21H20N4OS2/c26-21(17-13-28-20(23-17)19-8-4-10-27-19)24-9-3-5-15(11-24)12-25-14-22-16-6-1-2-7-18(16)25/h1-2,4,6-8,10,13-15H,3,5,9,11-12H2/t15-/m0/s1. The summed E-state index contributed by atoms with van der Waals surface area (Å²) in [5, 5.41) is 4.86. The molecular formula is C21H20N4OS2. The number of imidazole rings is 1. The molecule has 5 nitrogen and oxygen atoms in total. The minimum absolute atomic E-state index is 0.0549. The Kier molecular flexibility index (Phi) is 4.70. The molecule has 142 valence electrons. The van der Waals surface area contributed by atoms with Gasteiger partial charge in [0.2, 0.25) is 0 Å². The van der Waals surface area contributed by atoms with Gasteiger partial charge in [-0.1, -0.05) is 18.2 Å². The molecule has 1 saturated heterocycles. The average Bonchev–Trinajstić information content (AvgIpc) is 3.48. The van der Waals surface area contributed by atoms with Crippen LogP contribution < -0.4 is 0 Å². The van der Waals surface area contributed by atoms with Crippen LogP contribution in [-0.4, -0.2) is 38.4 Å². The number of hydrogen-bond donors (Lipinski definition) is 0. The van der Waals surface area contributed by atoms with Crippen molar-refractivity contribution < 1.29 is 4.79 Å². The molecule has 1 aromatic carbocycles. The van der Waals surface area contributed by atoms with Crippen molar-refractivity contribution in [1.29, 1.82) is 0 Å². The number of benzene rings is 1. The van der Waals surface area contributed by atoms with E-state index >= 15 is 0 Å². The van der Waals surface area contributed by atoms with Gasteiger partial charge in [-0.25, -0.2) is 9.97 Å². The summed E-state index contributed by atoms with van der Waals surface area (Å²) < 4.78 is 2.21. The van der Waals surface area contributed by atoms with Crippen molar-refractivity contribution in [2.24, 2.45) is 5.92 Å². The summed E-state index contributed by atoms with van der Waals surface area (Å²) in [5.74, 6) is 0.491. The van der Waals surface area contributed by atoms with Gasteiger partial charge in [-0.3, -0.25) is 4.79 Å². The molecule has 0 N–H and O–H groups in total. The molecule has 1 amide bonds. The van der Waals surface area contributed by atoms with E-state index in [0.717, 1.165) is 53.4 Å². The average molecular weight is 409 g/mol. The molecule has 0 radical (unpaired) electrons. The van der Waals surface area contributed by atoms with E-state index in [0.29, 0.717) is 11.6 Å². The first kappa shape index (κ1) is 17.6. The Hall–Kier alpha value is -2.51. The van der Waals surface area contributed by atoms with E-state index in [4.69, 9.17) is 0 Å². The Bertz CT molecular complexity index is 1100. The van der Waals surface area contributed by atoms with Crippen LogP contribution in [-0.2, 0) is 6.54 Å². The van der Waals surface area contributed by atoms with E-state index in [1.807, 2.05) is 52.3 Å². The Balaban J connectivity index is 1.29. The Morgan fingerprint density at radius 1 is 1.18 bits per heavy atom. The highest BCUT2D eigenvalue weighted by molar-refractivity contribution is 7.20. The first-order valence-corrected chi connectivity index (χ1v) is 11.2. The molecular weight excluding hydrogens is 388 g/mol. The number of fused-ring (bicyclic) bond motifs is 1. The largest absolute Gasteiger partial charge is 0.337 e. The maximum atomic E-state index is 13.0. The zero-order chi connectivity index (χ0) is 18.9. The fourth-order valence-electron chi connectivity index (χ4n) is 3.88. The highest BCUT2D eigenvalue weighted by Crippen LogP contribution is 2.29. The molecule has 1 atom stereocenters. The third-order valence-corrected chi connectivity index (χ3v) is 7.13. The number of nitrogens with zero attached hydrogens (tertiary/aromatic N) is 4. The highest BCUT2D eigenvalue weighted by Gasteiger charge is 2.26. The van der Waals surface area contributed by atoms with Crippen LogP contribution in [0, 0.1) is 5.92 Å². The second-order valence-corrected chi connectivity index (χ2v) is 8.97. The minimum atomic E-state index is 0.0549. The monoisotopic (exact) mass is 408 g/mol. The van der Waals surface area contributed by atoms with Crippen LogP contribution in [0.25, 0.3) is 20.9 Å². The maximum absolute atomic E-state index is 13.0. The van der Waals surface area contributed by atoms with Crippen LogP contribution in [0.2, 0.25) is 0 Å². The molecule has 0 spiro atoms. The molecule has 3 aromatic heterocycles. The molecule has 0 unspecified atom stereocenters. The Morgan fingerprint density at radius 2 is 2.11 bits per heavy atom. The topological polar surface area (TPSA) is 51.0 Å². The van der Waals surface area contributed by atoms with E-state index in [2.05, 4.69) is 20.6 Å². The summed E-state index contributed by atoms with van der Waals surface area (Å²) in [6.07, 6.45) is 4.08. The zero-order valence-electron chi connectivity index (χ0n) is 15.3. The van der Waals surface area contributed by atoms with Gasteiger partial charge >= 0.3 is 0 Å². The third-order valence-electron chi connectivity index (χ3n) is 5.24. The van der Waals surface area contributed by atoms with Crippen molar-refractivity contribution in [2.75, 3.05) is 13.1 Å². The second kappa shape index (κ2) is 7.48. The molecule has 1 aliphatic rings. The van der Waals surface area contributed by atoms with E-state index in [1.54, 1.807) is 22.7 Å². The minimum Gasteiger partial charge on any atom is -0.337 e. The molecule has 4 aromatic rings. The fourth-order valence-corrected chi connectivity index (χ4v) is 5.49. The molecule has 0 aliphatic carbocycles. The predicted molar refractivity (Wildman–Crippen MR) is 114 cm³/mol. The lowest BCUT2D eigenvalue weighted by molar-refractivity contribution is 0.0658. The number of thiophene rings is 1. The van der Waals surface area contributed by atoms with Gasteiger partial charge in [0.1, 0.15) is 10.7 Å². The SMILES string of the molecule is O=C(c1csc(-c2cccs2)n1)N1CCC[C@H](Cn2cnc3ccccc32)C1. The molecule has 4 heterocycles. The highest BCUT2D eigenvalue weighted by atomic mass is 32.1. The second-order valence-electron chi connectivity index (χ2n) is 7.16. The quantitative estimate of drug-likeness (QED) is 0.489. The van der Waals surface area contributed by atoms with E-state index in [1.165, 1.54) is 0 Å². The van der Waals surface area contributed by atoms with Crippen molar-refractivity contribution >= 4 is 39.6 Å². The molecule has 0 bridgehead atoms. The van der Waals surface area contributed by atoms with Crippen LogP contribution in [0.4, 0.5) is 0 Å². The molecule has 1 aliphatic heterocycles. The normalized spacial score (nSPS) is 17.3. The van der Waals surface area contributed by atoms with Crippen LogP contribution in [0.15, 0.2) is 53.5 Å². The number of likely N-dealkylation sites (tertiary alicyclic amines) is 1. The summed E-state index contributed by atoms with van der Waals surface area (Å²) in [6.45, 7) is 2.48. The van der Waals surface area contributed by atoms with E-state index in [-0.39, 0.29) is 5.91 Å². The van der Waals surface area contributed by atoms with Crippen molar-refractivity contribution in [3.8, 4) is 9.88 Å². The Labute approximate surface area is 171 Å². The van der Waals surface area contributed by atoms with Crippen LogP contribution >= 0.6 is 22.7 Å². The number of thiazole rings is 1. The number of hydrogen-bond acceptors (Lipinski definition) is 5. The maximum Gasteiger partial charge on any atom is 0.273 e. The van der Waals surface area contributed by atoms with Gasteiger partial charge in [-0.2, -0.15) is 0 Å². The van der Waals surface area contributed by atoms with Crippen molar-refractivity contribution in [3.05, 3.63) is 59.2 Å². The first-order valence-electron chi connectivity index (χ1n) is 9.46. The summed E-state index contributed by atoms with van der Waals surface area (Å²) in [5.41, 5.74) is 2.75. The number of piperidine rings is 1. The van der Waals surface area contributed by atoms with E-state index < -0.39 is 0 Å². The van der Waals surface area contributed by atoms with Gasteiger partial charge in [-0.05, 0) is 42.3 Å². The molecule has 5 rings (SSSR count). The Morgan fingerprint density at radius 3 is 3.00 bits per heavy atom. The van der Waals surface area contributed by atoms with Crippen LogP contribution in [0.3, 0.4) is 0 Å². The lowest BCUT2D eigenvalue weighted by Gasteiger charge is -2.32. The summed E-state index contributed by atoms with van der Waals surface area (Å²) in [6, 6.07) is 12.3. The van der Waals surface area contributed by atoms with Crippen LogP contribution in [0.1, 0.15) is 23.3 Å². The third kappa shape index (κ3) is 3.36. The van der Waals surface area contributed by atoms with Gasteiger partial charge < -0.3 is 9.47 Å². The molecule has 1 fully saturated rings. The first-order chi connectivity index (χ1) is 13.8. The van der Waals surface area contributed by atoms with E-state index in [9.17, 15) is 4.79 Å². The predicted octanol–water partition coefficient (Wildman–Crippen LogP) is 4.77. The van der Waals surface area contributed by atoms with Gasteiger partial charge in [0, 0.05) is 25.0 Å². The number of carbonyl (C=O) groups excluding carboxylic acids is 1. The van der Waals surface area contributed by atoms with Gasteiger partial charge in [0.25, 0.3) is 5.91 Å². The van der Waals surface area contributed by atoms with Crippen molar-refractivity contribution in [2.45, 2.75) is 19.4 Å². The van der Waals surface area contributed by atoms with Crippen molar-refractivity contribution in [1.82, 2.24) is 19.4 Å². The summed E-state index contributed by atoms with van der Waals surface area (Å²) in [4.78, 5) is 25.2. The van der Waals surface area contributed by atoms with Gasteiger partial charge in [0.15, 0.2) is 0 Å². The number of para-hydroxylation sites is 2. The zero-order valence-corrected chi connectivity index (χ0v) is 17.0. The number of amides is 1. The number of aromatic nitrogens is 3. The van der Waals surface area contributed by atoms with Gasteiger partial charge in [-0.15, -0.1) is 22.7 Å². The molecule has 0 saturated carbocycles. The lowest BCUT2D eigenvalue weighted by atomic mass is 9.97. The molecule has 7 heteroatoms. The smallest absolute Gasteiger partial charge is 0.273 e. The molecule has 28 heavy (non-hydrogen) atoms. The van der Waals surface area contributed by atoms with Crippen molar-refractivity contribution in [3.63, 3.8) is 0 Å². The van der Waals surface area contributed by atoms with Crippen LogP contribution in [0.5, 0.6) is 0 Å². The summed E-state index contributed by atoms with van der Waals surface area (Å²) in [7, 11) is 0.